The second kappa shape index (κ2) is 6.86. The number of carbonyl (C=O) groups is 1. The van der Waals surface area contributed by atoms with Crippen LogP contribution in [0.1, 0.15) is 48.8 Å². The number of pyridine rings is 1. The Morgan fingerprint density at radius 1 is 1.26 bits per heavy atom. The summed E-state index contributed by atoms with van der Waals surface area (Å²) in [5, 5.41) is 14.9. The van der Waals surface area contributed by atoms with Crippen LogP contribution in [0.15, 0.2) is 36.5 Å². The molecule has 8 heteroatoms. The van der Waals surface area contributed by atoms with E-state index in [0.717, 1.165) is 19.0 Å². The number of nitrogens with one attached hydrogen (secondary N) is 1. The second-order valence-corrected chi connectivity index (χ2v) is 6.98. The van der Waals surface area contributed by atoms with Crippen LogP contribution >= 0.6 is 0 Å². The Hall–Kier alpha value is -3.16. The molecule has 0 unspecified atom stereocenters. The first-order valence-electron chi connectivity index (χ1n) is 8.88. The lowest BCUT2D eigenvalue weighted by Gasteiger charge is -2.12. The average Bonchev–Trinajstić information content (AvgIpc) is 3.32. The molecular formula is C19H19FN6O. The summed E-state index contributed by atoms with van der Waals surface area (Å²) < 4.78 is 14.9. The van der Waals surface area contributed by atoms with E-state index in [0.29, 0.717) is 28.3 Å². The van der Waals surface area contributed by atoms with Gasteiger partial charge < -0.3 is 5.32 Å². The van der Waals surface area contributed by atoms with Crippen LogP contribution in [0.3, 0.4) is 0 Å². The molecule has 1 aliphatic carbocycles. The van der Waals surface area contributed by atoms with Gasteiger partial charge in [0.1, 0.15) is 5.82 Å². The van der Waals surface area contributed by atoms with Gasteiger partial charge in [0.15, 0.2) is 5.82 Å². The van der Waals surface area contributed by atoms with Crippen LogP contribution in [-0.4, -0.2) is 37.1 Å². The zero-order valence-electron chi connectivity index (χ0n) is 15.1. The molecule has 138 valence electrons. The Morgan fingerprint density at radius 3 is 2.74 bits per heavy atom. The van der Waals surface area contributed by atoms with Crippen LogP contribution in [0.2, 0.25) is 0 Å². The third kappa shape index (κ3) is 3.69. The summed E-state index contributed by atoms with van der Waals surface area (Å²) >= 11 is 0. The van der Waals surface area contributed by atoms with Gasteiger partial charge in [-0.25, -0.2) is 4.39 Å². The molecule has 7 nitrogen and oxygen atoms in total. The van der Waals surface area contributed by atoms with Crippen molar-refractivity contribution in [2.45, 2.75) is 38.6 Å². The van der Waals surface area contributed by atoms with Gasteiger partial charge in [-0.2, -0.15) is 4.68 Å². The van der Waals surface area contributed by atoms with Crippen molar-refractivity contribution in [3.05, 3.63) is 53.7 Å². The van der Waals surface area contributed by atoms with Gasteiger partial charge in [0.2, 0.25) is 0 Å². The van der Waals surface area contributed by atoms with Crippen molar-refractivity contribution in [1.82, 2.24) is 30.5 Å². The maximum atomic E-state index is 13.2. The van der Waals surface area contributed by atoms with E-state index in [4.69, 9.17) is 0 Å². The Labute approximate surface area is 155 Å². The first-order chi connectivity index (χ1) is 13.0. The van der Waals surface area contributed by atoms with E-state index in [-0.39, 0.29) is 17.9 Å². The number of halogens is 1. The highest BCUT2D eigenvalue weighted by Gasteiger charge is 2.24. The first-order valence-corrected chi connectivity index (χ1v) is 8.88. The molecule has 4 rings (SSSR count). The molecule has 0 atom stereocenters. The van der Waals surface area contributed by atoms with E-state index in [1.807, 2.05) is 19.9 Å². The molecule has 2 heterocycles. The van der Waals surface area contributed by atoms with Gasteiger partial charge in [-0.05, 0) is 53.6 Å². The minimum absolute atomic E-state index is 0.108. The molecule has 1 saturated carbocycles. The standard InChI is InChI=1S/C19H19FN6O/c1-11(2)18-23-24-25-26(18)16-8-12(17-6-3-14(20)10-21-17)7-13(9-16)19(27)22-15-4-5-15/h3,6-11,15H,4-5H2,1-2H3,(H,22,27). The Morgan fingerprint density at radius 2 is 2.07 bits per heavy atom. The lowest BCUT2D eigenvalue weighted by atomic mass is 10.0. The highest BCUT2D eigenvalue weighted by molar-refractivity contribution is 5.96. The number of hydrogen-bond acceptors (Lipinski definition) is 5. The maximum Gasteiger partial charge on any atom is 0.251 e. The van der Waals surface area contributed by atoms with Gasteiger partial charge >= 0.3 is 0 Å². The fourth-order valence-corrected chi connectivity index (χ4v) is 2.79. The van der Waals surface area contributed by atoms with Gasteiger partial charge in [0.05, 0.1) is 17.6 Å². The number of tetrazole rings is 1. The minimum Gasteiger partial charge on any atom is -0.349 e. The number of aromatic nitrogens is 5. The number of hydrogen-bond donors (Lipinski definition) is 1. The highest BCUT2D eigenvalue weighted by atomic mass is 19.1. The maximum absolute atomic E-state index is 13.2. The predicted molar refractivity (Wildman–Crippen MR) is 96.9 cm³/mol. The quantitative estimate of drug-likeness (QED) is 0.750. The van der Waals surface area contributed by atoms with Crippen molar-refractivity contribution in [3.63, 3.8) is 0 Å². The molecule has 1 aliphatic rings. The van der Waals surface area contributed by atoms with Gasteiger partial charge in [0.25, 0.3) is 5.91 Å². The van der Waals surface area contributed by atoms with Crippen molar-refractivity contribution in [3.8, 4) is 16.9 Å². The molecule has 1 fully saturated rings. The van der Waals surface area contributed by atoms with Crippen molar-refractivity contribution < 1.29 is 9.18 Å². The monoisotopic (exact) mass is 366 g/mol. The van der Waals surface area contributed by atoms with E-state index in [2.05, 4.69) is 25.8 Å². The zero-order chi connectivity index (χ0) is 19.0. The number of benzene rings is 1. The summed E-state index contributed by atoms with van der Waals surface area (Å²) in [6.45, 7) is 3.99. The van der Waals surface area contributed by atoms with Gasteiger partial charge in [0, 0.05) is 23.1 Å². The largest absolute Gasteiger partial charge is 0.349 e. The third-order valence-electron chi connectivity index (χ3n) is 4.37. The number of carbonyl (C=O) groups excluding carboxylic acids is 1. The van der Waals surface area contributed by atoms with E-state index < -0.39 is 5.82 Å². The van der Waals surface area contributed by atoms with Crippen LogP contribution in [-0.2, 0) is 0 Å². The number of rotatable bonds is 5. The van der Waals surface area contributed by atoms with Crippen molar-refractivity contribution in [2.24, 2.45) is 0 Å². The normalized spacial score (nSPS) is 13.8. The average molecular weight is 366 g/mol. The van der Waals surface area contributed by atoms with Crippen LogP contribution in [0.25, 0.3) is 16.9 Å². The number of nitrogens with zero attached hydrogens (tertiary/aromatic N) is 5. The predicted octanol–water partition coefficient (Wildman–Crippen LogP) is 2.88. The summed E-state index contributed by atoms with van der Waals surface area (Å²) in [6, 6.07) is 8.52. The molecule has 0 spiro atoms. The molecule has 1 aromatic carbocycles. The molecule has 1 N–H and O–H groups in total. The molecule has 1 amide bonds. The third-order valence-corrected chi connectivity index (χ3v) is 4.37. The van der Waals surface area contributed by atoms with Gasteiger partial charge in [-0.15, -0.1) is 5.10 Å². The van der Waals surface area contributed by atoms with Crippen LogP contribution in [0.4, 0.5) is 4.39 Å². The van der Waals surface area contributed by atoms with Gasteiger partial charge in [-0.3, -0.25) is 9.78 Å². The first kappa shape index (κ1) is 17.3. The van der Waals surface area contributed by atoms with Crippen LogP contribution < -0.4 is 5.32 Å². The van der Waals surface area contributed by atoms with Crippen LogP contribution in [0.5, 0.6) is 0 Å². The smallest absolute Gasteiger partial charge is 0.251 e. The Bertz CT molecular complexity index is 978. The lowest BCUT2D eigenvalue weighted by Crippen LogP contribution is -2.25. The summed E-state index contributed by atoms with van der Waals surface area (Å²) in [6.07, 6.45) is 3.16. The van der Waals surface area contributed by atoms with Crippen molar-refractivity contribution in [1.29, 1.82) is 0 Å². The summed E-state index contributed by atoms with van der Waals surface area (Å²) in [7, 11) is 0. The fourth-order valence-electron chi connectivity index (χ4n) is 2.79. The summed E-state index contributed by atoms with van der Waals surface area (Å²) in [4.78, 5) is 16.8. The van der Waals surface area contributed by atoms with E-state index in [1.54, 1.807) is 22.9 Å². The van der Waals surface area contributed by atoms with E-state index >= 15 is 0 Å². The topological polar surface area (TPSA) is 85.6 Å². The SMILES string of the molecule is CC(C)c1nnnn1-c1cc(C(=O)NC2CC2)cc(-c2ccc(F)cn2)c1. The summed E-state index contributed by atoms with van der Waals surface area (Å²) in [5.41, 5.74) is 2.41. The zero-order valence-corrected chi connectivity index (χ0v) is 15.1. The van der Waals surface area contributed by atoms with Crippen molar-refractivity contribution in [2.75, 3.05) is 0 Å². The minimum atomic E-state index is -0.413. The number of amides is 1. The molecule has 27 heavy (non-hydrogen) atoms. The molecule has 2 aromatic heterocycles. The fraction of sp³-hybridized carbons (Fsp3) is 0.316. The lowest BCUT2D eigenvalue weighted by molar-refractivity contribution is 0.0951. The molecule has 0 aliphatic heterocycles. The molecule has 0 radical (unpaired) electrons. The van der Waals surface area contributed by atoms with E-state index in [9.17, 15) is 9.18 Å². The Kier molecular flexibility index (Phi) is 4.39. The van der Waals surface area contributed by atoms with Crippen LogP contribution in [0, 0.1) is 5.82 Å². The van der Waals surface area contributed by atoms with Crippen molar-refractivity contribution >= 4 is 5.91 Å². The molecule has 3 aromatic rings. The highest BCUT2D eigenvalue weighted by Crippen LogP contribution is 2.26. The molecule has 0 saturated heterocycles. The molecular weight excluding hydrogens is 347 g/mol. The summed E-state index contributed by atoms with van der Waals surface area (Å²) in [5.74, 6) is 0.232. The molecule has 0 bridgehead atoms. The Balaban J connectivity index is 1.81. The van der Waals surface area contributed by atoms with E-state index in [1.165, 1.54) is 6.07 Å². The second-order valence-electron chi connectivity index (χ2n) is 6.98. The van der Waals surface area contributed by atoms with Gasteiger partial charge in [-0.1, -0.05) is 13.8 Å².